The average molecular weight is 265 g/mol. The molecule has 2 aromatic rings. The number of hydrogen-bond donors (Lipinski definition) is 0. The van der Waals surface area contributed by atoms with Gasteiger partial charge in [-0.1, -0.05) is 34.1 Å². The highest BCUT2D eigenvalue weighted by Gasteiger charge is 2.09. The first-order chi connectivity index (χ1) is 7.22. The van der Waals surface area contributed by atoms with Crippen LogP contribution in [0.1, 0.15) is 10.4 Å². The van der Waals surface area contributed by atoms with Crippen molar-refractivity contribution in [2.24, 2.45) is 0 Å². The Bertz CT molecular complexity index is 520. The lowest BCUT2D eigenvalue weighted by molar-refractivity contribution is 0.0603. The van der Waals surface area contributed by atoms with Crippen molar-refractivity contribution in [3.63, 3.8) is 0 Å². The van der Waals surface area contributed by atoms with Crippen LogP contribution in [-0.2, 0) is 4.74 Å². The van der Waals surface area contributed by atoms with Gasteiger partial charge in [0.2, 0.25) is 0 Å². The molecule has 0 radical (unpaired) electrons. The summed E-state index contributed by atoms with van der Waals surface area (Å²) in [5.41, 5.74) is 0.600. The van der Waals surface area contributed by atoms with Crippen LogP contribution in [0.5, 0.6) is 0 Å². The molecule has 0 fully saturated rings. The summed E-state index contributed by atoms with van der Waals surface area (Å²) in [6, 6.07) is 11.4. The molecule has 15 heavy (non-hydrogen) atoms. The summed E-state index contributed by atoms with van der Waals surface area (Å²) in [6.45, 7) is 0. The number of fused-ring (bicyclic) bond motifs is 1. The molecule has 0 saturated heterocycles. The number of hydrogen-bond acceptors (Lipinski definition) is 2. The summed E-state index contributed by atoms with van der Waals surface area (Å²) in [7, 11) is 1.39. The summed E-state index contributed by atoms with van der Waals surface area (Å²) < 4.78 is 5.72. The smallest absolute Gasteiger partial charge is 0.338 e. The summed E-state index contributed by atoms with van der Waals surface area (Å²) in [4.78, 5) is 11.5. The lowest BCUT2D eigenvalue weighted by atomic mass is 10.1. The Morgan fingerprint density at radius 2 is 2.07 bits per heavy atom. The standard InChI is InChI=1S/C12H9BrO2/c1-15-12(14)11-4-2-3-8-7-9(13)5-6-10(8)11/h2-7H,1H3. The number of carbonyl (C=O) groups excluding carboxylic acids is 1. The second kappa shape index (κ2) is 4.03. The SMILES string of the molecule is COC(=O)c1cccc2cc(Br)ccc12. The summed E-state index contributed by atoms with van der Waals surface area (Å²) >= 11 is 3.39. The lowest BCUT2D eigenvalue weighted by Gasteiger charge is -2.04. The molecule has 0 aliphatic heterocycles. The van der Waals surface area contributed by atoms with E-state index in [0.717, 1.165) is 15.2 Å². The minimum absolute atomic E-state index is 0.303. The molecule has 0 bridgehead atoms. The van der Waals surface area contributed by atoms with Crippen molar-refractivity contribution < 1.29 is 9.53 Å². The van der Waals surface area contributed by atoms with Crippen LogP contribution in [0.15, 0.2) is 40.9 Å². The molecule has 0 N–H and O–H groups in total. The number of ether oxygens (including phenoxy) is 1. The minimum atomic E-state index is -0.303. The second-order valence-electron chi connectivity index (χ2n) is 3.16. The Balaban J connectivity index is 2.71. The van der Waals surface area contributed by atoms with Gasteiger partial charge in [0.25, 0.3) is 0 Å². The van der Waals surface area contributed by atoms with E-state index in [1.165, 1.54) is 7.11 Å². The van der Waals surface area contributed by atoms with Gasteiger partial charge in [-0.3, -0.25) is 0 Å². The molecule has 0 spiro atoms. The van der Waals surface area contributed by atoms with E-state index in [9.17, 15) is 4.79 Å². The van der Waals surface area contributed by atoms with Gasteiger partial charge in [0.05, 0.1) is 12.7 Å². The molecule has 76 valence electrons. The Morgan fingerprint density at radius 1 is 1.27 bits per heavy atom. The van der Waals surface area contributed by atoms with Crippen molar-refractivity contribution in [2.45, 2.75) is 0 Å². The van der Waals surface area contributed by atoms with Crippen molar-refractivity contribution >= 4 is 32.7 Å². The first-order valence-corrected chi connectivity index (χ1v) is 5.28. The maximum atomic E-state index is 11.5. The Morgan fingerprint density at radius 3 is 2.80 bits per heavy atom. The van der Waals surface area contributed by atoms with E-state index in [4.69, 9.17) is 4.74 Å². The van der Waals surface area contributed by atoms with Gasteiger partial charge in [0.15, 0.2) is 0 Å². The van der Waals surface area contributed by atoms with Gasteiger partial charge in [0, 0.05) is 4.47 Å². The Hall–Kier alpha value is -1.35. The predicted molar refractivity (Wildman–Crippen MR) is 63.0 cm³/mol. The molecular formula is C12H9BrO2. The molecule has 2 nitrogen and oxygen atoms in total. The van der Waals surface area contributed by atoms with Crippen LogP contribution >= 0.6 is 15.9 Å². The largest absolute Gasteiger partial charge is 0.465 e. The van der Waals surface area contributed by atoms with E-state index in [1.807, 2.05) is 30.3 Å². The third-order valence-electron chi connectivity index (χ3n) is 2.25. The first kappa shape index (κ1) is 10.2. The summed E-state index contributed by atoms with van der Waals surface area (Å²) in [5, 5.41) is 1.93. The Kier molecular flexibility index (Phi) is 2.73. The van der Waals surface area contributed by atoms with Crippen LogP contribution in [0.2, 0.25) is 0 Å². The van der Waals surface area contributed by atoms with Gasteiger partial charge < -0.3 is 4.74 Å². The van der Waals surface area contributed by atoms with E-state index in [2.05, 4.69) is 15.9 Å². The Labute approximate surface area is 96.0 Å². The topological polar surface area (TPSA) is 26.3 Å². The van der Waals surface area contributed by atoms with Gasteiger partial charge >= 0.3 is 5.97 Å². The summed E-state index contributed by atoms with van der Waals surface area (Å²) in [5.74, 6) is -0.303. The van der Waals surface area contributed by atoms with Crippen molar-refractivity contribution in [1.29, 1.82) is 0 Å². The van der Waals surface area contributed by atoms with Crippen molar-refractivity contribution in [2.75, 3.05) is 7.11 Å². The van der Waals surface area contributed by atoms with Crippen LogP contribution in [0.4, 0.5) is 0 Å². The quantitative estimate of drug-likeness (QED) is 0.739. The number of benzene rings is 2. The van der Waals surface area contributed by atoms with E-state index >= 15 is 0 Å². The highest BCUT2D eigenvalue weighted by molar-refractivity contribution is 9.10. The zero-order valence-corrected chi connectivity index (χ0v) is 9.74. The zero-order chi connectivity index (χ0) is 10.8. The van der Waals surface area contributed by atoms with Crippen LogP contribution in [0.25, 0.3) is 10.8 Å². The molecule has 0 atom stereocenters. The van der Waals surface area contributed by atoms with Gasteiger partial charge in [0.1, 0.15) is 0 Å². The minimum Gasteiger partial charge on any atom is -0.465 e. The van der Waals surface area contributed by atoms with Gasteiger partial charge in [-0.05, 0) is 29.0 Å². The average Bonchev–Trinajstić information content (AvgIpc) is 2.26. The normalized spacial score (nSPS) is 10.3. The summed E-state index contributed by atoms with van der Waals surface area (Å²) in [6.07, 6.45) is 0. The highest BCUT2D eigenvalue weighted by atomic mass is 79.9. The van der Waals surface area contributed by atoms with Crippen molar-refractivity contribution in [3.05, 3.63) is 46.4 Å². The lowest BCUT2D eigenvalue weighted by Crippen LogP contribution is -2.01. The highest BCUT2D eigenvalue weighted by Crippen LogP contribution is 2.23. The number of rotatable bonds is 1. The molecule has 2 aromatic carbocycles. The van der Waals surface area contributed by atoms with E-state index < -0.39 is 0 Å². The fraction of sp³-hybridized carbons (Fsp3) is 0.0833. The molecule has 0 amide bonds. The number of carbonyl (C=O) groups is 1. The van der Waals surface area contributed by atoms with E-state index in [0.29, 0.717) is 5.56 Å². The van der Waals surface area contributed by atoms with E-state index in [1.54, 1.807) is 6.07 Å². The zero-order valence-electron chi connectivity index (χ0n) is 8.16. The van der Waals surface area contributed by atoms with Gasteiger partial charge in [-0.2, -0.15) is 0 Å². The van der Waals surface area contributed by atoms with Gasteiger partial charge in [-0.25, -0.2) is 4.79 Å². The van der Waals surface area contributed by atoms with Crippen LogP contribution < -0.4 is 0 Å². The molecule has 0 saturated carbocycles. The van der Waals surface area contributed by atoms with Crippen molar-refractivity contribution in [3.8, 4) is 0 Å². The van der Waals surface area contributed by atoms with Gasteiger partial charge in [-0.15, -0.1) is 0 Å². The molecule has 0 unspecified atom stereocenters. The molecule has 0 aliphatic rings. The number of halogens is 1. The predicted octanol–water partition coefficient (Wildman–Crippen LogP) is 3.39. The monoisotopic (exact) mass is 264 g/mol. The third-order valence-corrected chi connectivity index (χ3v) is 2.74. The molecule has 0 heterocycles. The molecule has 0 aliphatic carbocycles. The molecular weight excluding hydrogens is 256 g/mol. The maximum absolute atomic E-state index is 11.5. The number of methoxy groups -OCH3 is 1. The molecule has 3 heteroatoms. The van der Waals surface area contributed by atoms with Crippen LogP contribution in [0.3, 0.4) is 0 Å². The second-order valence-corrected chi connectivity index (χ2v) is 4.08. The van der Waals surface area contributed by atoms with Crippen LogP contribution in [-0.4, -0.2) is 13.1 Å². The molecule has 0 aromatic heterocycles. The maximum Gasteiger partial charge on any atom is 0.338 e. The molecule has 2 rings (SSSR count). The number of esters is 1. The van der Waals surface area contributed by atoms with Crippen molar-refractivity contribution in [1.82, 2.24) is 0 Å². The fourth-order valence-corrected chi connectivity index (χ4v) is 1.92. The van der Waals surface area contributed by atoms with Crippen LogP contribution in [0, 0.1) is 0 Å². The third kappa shape index (κ3) is 1.88. The first-order valence-electron chi connectivity index (χ1n) is 4.49. The van der Waals surface area contributed by atoms with E-state index in [-0.39, 0.29) is 5.97 Å². The fourth-order valence-electron chi connectivity index (χ4n) is 1.54.